The van der Waals surface area contributed by atoms with E-state index in [4.69, 9.17) is 18.9 Å². The number of halogens is 1. The average Bonchev–Trinajstić information content (AvgIpc) is 3.08. The number of ether oxygens (including phenoxy) is 4. The van der Waals surface area contributed by atoms with Crippen LogP contribution in [-0.4, -0.2) is 68.4 Å². The Hall–Kier alpha value is -2.84. The van der Waals surface area contributed by atoms with Crippen molar-refractivity contribution in [2.45, 2.75) is 39.5 Å². The molecule has 1 amide bonds. The Bertz CT molecular complexity index is 1020. The second kappa shape index (κ2) is 11.7. The van der Waals surface area contributed by atoms with Crippen LogP contribution in [-0.2, 0) is 22.6 Å². The lowest BCUT2D eigenvalue weighted by atomic mass is 10.1. The minimum atomic E-state index is -0.581. The van der Waals surface area contributed by atoms with Crippen LogP contribution in [0.5, 0.6) is 17.2 Å². The molecule has 2 heterocycles. The first-order valence-corrected chi connectivity index (χ1v) is 12.3. The third-order valence-electron chi connectivity index (χ3n) is 6.14. The molecule has 8 heteroatoms. The van der Waals surface area contributed by atoms with Gasteiger partial charge < -0.3 is 23.8 Å². The van der Waals surface area contributed by atoms with E-state index in [0.29, 0.717) is 64.2 Å². The molecule has 1 unspecified atom stereocenters. The van der Waals surface area contributed by atoms with E-state index in [1.165, 1.54) is 12.1 Å². The molecule has 0 spiro atoms. The van der Waals surface area contributed by atoms with Crippen molar-refractivity contribution in [3.8, 4) is 17.2 Å². The number of rotatable bonds is 8. The summed E-state index contributed by atoms with van der Waals surface area (Å²) in [5, 5.41) is 0. The number of carbonyl (C=O) groups is 1. The highest BCUT2D eigenvalue weighted by Crippen LogP contribution is 2.31. The van der Waals surface area contributed by atoms with Crippen molar-refractivity contribution in [2.24, 2.45) is 5.92 Å². The number of methoxy groups -OCH3 is 1. The van der Waals surface area contributed by atoms with Gasteiger partial charge in [0.15, 0.2) is 11.5 Å². The standard InChI is InChI=1S/C27H35FN2O5/c1-19(2)15-30(16-20-5-7-24-25(13-20)34-11-4-10-33-24)27(31)26-18-29(9-12-35-26)17-21-14-22(28)6-8-23(21)32-3/h5-8,13-14,19,26H,4,9-12,15-18H2,1-3H3. The van der Waals surface area contributed by atoms with Crippen LogP contribution in [0.3, 0.4) is 0 Å². The van der Waals surface area contributed by atoms with Crippen LogP contribution >= 0.6 is 0 Å². The topological polar surface area (TPSA) is 60.5 Å². The number of carbonyl (C=O) groups excluding carboxylic acids is 1. The lowest BCUT2D eigenvalue weighted by Crippen LogP contribution is -2.51. The fourth-order valence-electron chi connectivity index (χ4n) is 4.51. The molecule has 1 fully saturated rings. The maximum Gasteiger partial charge on any atom is 0.253 e. The number of nitrogens with zero attached hydrogens (tertiary/aromatic N) is 2. The molecule has 2 aliphatic rings. The molecule has 35 heavy (non-hydrogen) atoms. The Kier molecular flexibility index (Phi) is 8.46. The van der Waals surface area contributed by atoms with Gasteiger partial charge in [-0.1, -0.05) is 19.9 Å². The summed E-state index contributed by atoms with van der Waals surface area (Å²) in [5.41, 5.74) is 1.74. The summed E-state index contributed by atoms with van der Waals surface area (Å²) in [5.74, 6) is 2.06. The van der Waals surface area contributed by atoms with E-state index in [0.717, 1.165) is 29.0 Å². The van der Waals surface area contributed by atoms with Gasteiger partial charge >= 0.3 is 0 Å². The van der Waals surface area contributed by atoms with Crippen LogP contribution in [0.2, 0.25) is 0 Å². The predicted molar refractivity (Wildman–Crippen MR) is 130 cm³/mol. The molecule has 4 rings (SSSR count). The van der Waals surface area contributed by atoms with Crippen LogP contribution in [0.4, 0.5) is 4.39 Å². The lowest BCUT2D eigenvalue weighted by Gasteiger charge is -2.35. The monoisotopic (exact) mass is 486 g/mol. The van der Waals surface area contributed by atoms with E-state index >= 15 is 0 Å². The van der Waals surface area contributed by atoms with Crippen molar-refractivity contribution in [1.82, 2.24) is 9.80 Å². The number of fused-ring (bicyclic) bond motifs is 1. The second-order valence-electron chi connectivity index (χ2n) is 9.49. The quantitative estimate of drug-likeness (QED) is 0.565. The van der Waals surface area contributed by atoms with Crippen LogP contribution < -0.4 is 14.2 Å². The van der Waals surface area contributed by atoms with Gasteiger partial charge in [0.1, 0.15) is 17.7 Å². The fraction of sp³-hybridized carbons (Fsp3) is 0.519. The zero-order valence-corrected chi connectivity index (χ0v) is 20.8. The van der Waals surface area contributed by atoms with Crippen LogP contribution in [0, 0.1) is 11.7 Å². The van der Waals surface area contributed by atoms with Crippen molar-refractivity contribution in [1.29, 1.82) is 0 Å². The van der Waals surface area contributed by atoms with E-state index in [2.05, 4.69) is 18.7 Å². The van der Waals surface area contributed by atoms with E-state index in [-0.39, 0.29) is 11.7 Å². The third kappa shape index (κ3) is 6.64. The fourth-order valence-corrected chi connectivity index (χ4v) is 4.51. The van der Waals surface area contributed by atoms with Gasteiger partial charge in [-0.3, -0.25) is 9.69 Å². The Labute approximate surface area is 206 Å². The van der Waals surface area contributed by atoms with Gasteiger partial charge in [0, 0.05) is 44.7 Å². The molecule has 2 aliphatic heterocycles. The van der Waals surface area contributed by atoms with Crippen molar-refractivity contribution in [3.05, 3.63) is 53.3 Å². The molecule has 2 aromatic carbocycles. The first-order valence-electron chi connectivity index (χ1n) is 12.3. The molecule has 0 aromatic heterocycles. The van der Waals surface area contributed by atoms with E-state index in [9.17, 15) is 9.18 Å². The molecule has 2 aromatic rings. The largest absolute Gasteiger partial charge is 0.496 e. The molecule has 190 valence electrons. The normalized spacial score (nSPS) is 18.3. The summed E-state index contributed by atoms with van der Waals surface area (Å²) in [6, 6.07) is 10.4. The summed E-state index contributed by atoms with van der Waals surface area (Å²) < 4.78 is 36.7. The molecule has 1 atom stereocenters. The smallest absolute Gasteiger partial charge is 0.253 e. The van der Waals surface area contributed by atoms with Gasteiger partial charge in [-0.25, -0.2) is 4.39 Å². The van der Waals surface area contributed by atoms with E-state index < -0.39 is 6.10 Å². The highest BCUT2D eigenvalue weighted by molar-refractivity contribution is 5.81. The number of hydrogen-bond donors (Lipinski definition) is 0. The summed E-state index contributed by atoms with van der Waals surface area (Å²) in [7, 11) is 1.58. The number of amides is 1. The maximum atomic E-state index is 13.8. The number of morpholine rings is 1. The lowest BCUT2D eigenvalue weighted by molar-refractivity contribution is -0.151. The summed E-state index contributed by atoms with van der Waals surface area (Å²) in [6.07, 6.45) is 0.265. The Morgan fingerprint density at radius 1 is 1.14 bits per heavy atom. The van der Waals surface area contributed by atoms with Crippen LogP contribution in [0.1, 0.15) is 31.4 Å². The summed E-state index contributed by atoms with van der Waals surface area (Å²) in [6.45, 7) is 8.55. The number of benzene rings is 2. The van der Waals surface area contributed by atoms with Gasteiger partial charge in [-0.05, 0) is 41.8 Å². The van der Waals surface area contributed by atoms with Crippen molar-refractivity contribution >= 4 is 5.91 Å². The molecule has 7 nitrogen and oxygen atoms in total. The predicted octanol–water partition coefficient (Wildman–Crippen LogP) is 3.88. The molecule has 0 radical (unpaired) electrons. The summed E-state index contributed by atoms with van der Waals surface area (Å²) in [4.78, 5) is 17.6. The molecular formula is C27H35FN2O5. The summed E-state index contributed by atoms with van der Waals surface area (Å²) >= 11 is 0. The molecule has 0 saturated carbocycles. The van der Waals surface area contributed by atoms with Crippen molar-refractivity contribution in [2.75, 3.05) is 46.6 Å². The molecule has 0 bridgehead atoms. The third-order valence-corrected chi connectivity index (χ3v) is 6.14. The highest BCUT2D eigenvalue weighted by atomic mass is 19.1. The zero-order chi connectivity index (χ0) is 24.8. The zero-order valence-electron chi connectivity index (χ0n) is 20.8. The van der Waals surface area contributed by atoms with Crippen LogP contribution in [0.15, 0.2) is 36.4 Å². The van der Waals surface area contributed by atoms with Gasteiger partial charge in [-0.15, -0.1) is 0 Å². The molecule has 1 saturated heterocycles. The Morgan fingerprint density at radius 3 is 2.71 bits per heavy atom. The van der Waals surface area contributed by atoms with E-state index in [1.807, 2.05) is 23.1 Å². The van der Waals surface area contributed by atoms with Crippen LogP contribution in [0.25, 0.3) is 0 Å². The molecular weight excluding hydrogens is 451 g/mol. The minimum absolute atomic E-state index is 0.0401. The van der Waals surface area contributed by atoms with Gasteiger partial charge in [0.05, 0.1) is 26.9 Å². The second-order valence-corrected chi connectivity index (χ2v) is 9.49. The highest BCUT2D eigenvalue weighted by Gasteiger charge is 2.31. The average molecular weight is 487 g/mol. The van der Waals surface area contributed by atoms with Gasteiger partial charge in [0.2, 0.25) is 0 Å². The first-order chi connectivity index (χ1) is 16.9. The molecule has 0 aliphatic carbocycles. The Morgan fingerprint density at radius 2 is 1.94 bits per heavy atom. The van der Waals surface area contributed by atoms with Crippen molar-refractivity contribution in [3.63, 3.8) is 0 Å². The van der Waals surface area contributed by atoms with E-state index in [1.54, 1.807) is 13.2 Å². The Balaban J connectivity index is 1.45. The maximum absolute atomic E-state index is 13.8. The molecule has 0 N–H and O–H groups in total. The van der Waals surface area contributed by atoms with Crippen molar-refractivity contribution < 1.29 is 28.1 Å². The number of hydrogen-bond acceptors (Lipinski definition) is 6. The first kappa shape index (κ1) is 25.3. The minimum Gasteiger partial charge on any atom is -0.496 e. The van der Waals surface area contributed by atoms with Gasteiger partial charge in [-0.2, -0.15) is 0 Å². The van der Waals surface area contributed by atoms with Gasteiger partial charge in [0.25, 0.3) is 5.91 Å². The SMILES string of the molecule is COc1ccc(F)cc1CN1CCOC(C(=O)N(Cc2ccc3c(c2)OCCCO3)CC(C)C)C1.